The molecule has 6 heteroatoms. The van der Waals surface area contributed by atoms with Crippen molar-refractivity contribution < 1.29 is 4.74 Å². The Labute approximate surface area is 134 Å². The number of rotatable bonds is 6. The lowest BCUT2D eigenvalue weighted by Crippen LogP contribution is -2.24. The SMILES string of the molecule is CCNC(Cc1ccc(Cl)cc1Cl)c1cc(OC)ncn1. The molecule has 21 heavy (non-hydrogen) atoms. The molecule has 2 aromatic rings. The molecule has 1 unspecified atom stereocenters. The highest BCUT2D eigenvalue weighted by atomic mass is 35.5. The number of nitrogens with one attached hydrogen (secondary N) is 1. The number of benzene rings is 1. The largest absolute Gasteiger partial charge is 0.481 e. The van der Waals surface area contributed by atoms with Gasteiger partial charge in [-0.15, -0.1) is 0 Å². The summed E-state index contributed by atoms with van der Waals surface area (Å²) >= 11 is 12.2. The average Bonchev–Trinajstić information content (AvgIpc) is 2.49. The predicted octanol–water partition coefficient (Wildman–Crippen LogP) is 3.69. The van der Waals surface area contributed by atoms with Crippen LogP contribution in [0.1, 0.15) is 24.2 Å². The van der Waals surface area contributed by atoms with Gasteiger partial charge in [-0.2, -0.15) is 0 Å². The first-order chi connectivity index (χ1) is 10.1. The normalized spacial score (nSPS) is 12.2. The zero-order valence-electron chi connectivity index (χ0n) is 11.9. The van der Waals surface area contributed by atoms with Crippen LogP contribution >= 0.6 is 23.2 Å². The van der Waals surface area contributed by atoms with E-state index in [0.717, 1.165) is 17.8 Å². The van der Waals surface area contributed by atoms with Crippen LogP contribution < -0.4 is 10.1 Å². The minimum atomic E-state index is 0.0329. The van der Waals surface area contributed by atoms with Gasteiger partial charge in [-0.3, -0.25) is 0 Å². The maximum absolute atomic E-state index is 6.25. The van der Waals surface area contributed by atoms with Gasteiger partial charge in [0.15, 0.2) is 0 Å². The summed E-state index contributed by atoms with van der Waals surface area (Å²) in [6.07, 6.45) is 2.21. The topological polar surface area (TPSA) is 47.0 Å². The summed E-state index contributed by atoms with van der Waals surface area (Å²) in [6, 6.07) is 7.39. The van der Waals surface area contributed by atoms with Crippen molar-refractivity contribution in [1.29, 1.82) is 0 Å². The number of hydrogen-bond acceptors (Lipinski definition) is 4. The second kappa shape index (κ2) is 7.59. The second-order valence-electron chi connectivity index (χ2n) is 4.54. The van der Waals surface area contributed by atoms with Gasteiger partial charge in [-0.05, 0) is 30.7 Å². The fraction of sp³-hybridized carbons (Fsp3) is 0.333. The van der Waals surface area contributed by atoms with E-state index in [1.54, 1.807) is 13.2 Å². The monoisotopic (exact) mass is 325 g/mol. The van der Waals surface area contributed by atoms with Crippen LogP contribution in [-0.2, 0) is 6.42 Å². The zero-order valence-corrected chi connectivity index (χ0v) is 13.4. The lowest BCUT2D eigenvalue weighted by Gasteiger charge is -2.18. The first-order valence-corrected chi connectivity index (χ1v) is 7.43. The maximum Gasteiger partial charge on any atom is 0.216 e. The molecule has 112 valence electrons. The fourth-order valence-electron chi connectivity index (χ4n) is 2.09. The molecule has 0 saturated carbocycles. The van der Waals surface area contributed by atoms with Crippen LogP contribution in [0.5, 0.6) is 5.88 Å². The Balaban J connectivity index is 2.25. The number of halogens is 2. The molecular weight excluding hydrogens is 309 g/mol. The molecule has 4 nitrogen and oxygen atoms in total. The van der Waals surface area contributed by atoms with Gasteiger partial charge in [0.1, 0.15) is 6.33 Å². The summed E-state index contributed by atoms with van der Waals surface area (Å²) in [7, 11) is 1.59. The van der Waals surface area contributed by atoms with Crippen molar-refractivity contribution in [3.63, 3.8) is 0 Å². The molecule has 0 radical (unpaired) electrons. The first kappa shape index (κ1) is 16.0. The molecule has 0 spiro atoms. The van der Waals surface area contributed by atoms with Crippen LogP contribution in [-0.4, -0.2) is 23.6 Å². The third-order valence-corrected chi connectivity index (χ3v) is 3.71. The van der Waals surface area contributed by atoms with Gasteiger partial charge in [0.25, 0.3) is 0 Å². The smallest absolute Gasteiger partial charge is 0.216 e. The van der Waals surface area contributed by atoms with E-state index in [0.29, 0.717) is 22.3 Å². The van der Waals surface area contributed by atoms with Crippen molar-refractivity contribution in [3.05, 3.63) is 51.9 Å². The molecule has 2 rings (SSSR count). The molecule has 1 N–H and O–H groups in total. The van der Waals surface area contributed by atoms with E-state index >= 15 is 0 Å². The van der Waals surface area contributed by atoms with Crippen molar-refractivity contribution >= 4 is 23.2 Å². The van der Waals surface area contributed by atoms with Crippen LogP contribution in [0.4, 0.5) is 0 Å². The Morgan fingerprint density at radius 1 is 1.24 bits per heavy atom. The van der Waals surface area contributed by atoms with Gasteiger partial charge < -0.3 is 10.1 Å². The van der Waals surface area contributed by atoms with Gasteiger partial charge in [0.05, 0.1) is 18.8 Å². The first-order valence-electron chi connectivity index (χ1n) is 6.67. The molecule has 1 aromatic heterocycles. The Morgan fingerprint density at radius 2 is 2.05 bits per heavy atom. The zero-order chi connectivity index (χ0) is 15.2. The standard InChI is InChI=1S/C15H17Cl2N3O/c1-3-18-13(14-8-15(21-2)20-9-19-14)6-10-4-5-11(16)7-12(10)17/h4-5,7-9,13,18H,3,6H2,1-2H3. The molecule has 0 amide bonds. The Kier molecular flexibility index (Phi) is 5.79. The van der Waals surface area contributed by atoms with Crippen molar-refractivity contribution in [3.8, 4) is 5.88 Å². The molecule has 1 heterocycles. The van der Waals surface area contributed by atoms with Crippen LogP contribution in [0.2, 0.25) is 10.0 Å². The molecule has 0 aliphatic rings. The van der Waals surface area contributed by atoms with Gasteiger partial charge in [-0.1, -0.05) is 36.2 Å². The highest BCUT2D eigenvalue weighted by molar-refractivity contribution is 6.35. The number of ether oxygens (including phenoxy) is 1. The van der Waals surface area contributed by atoms with Crippen LogP contribution in [0.25, 0.3) is 0 Å². The summed E-state index contributed by atoms with van der Waals surface area (Å²) in [6.45, 7) is 2.87. The molecule has 0 fully saturated rings. The van der Waals surface area contributed by atoms with E-state index in [1.165, 1.54) is 6.33 Å². The van der Waals surface area contributed by atoms with E-state index in [1.807, 2.05) is 18.2 Å². The van der Waals surface area contributed by atoms with Gasteiger partial charge in [0.2, 0.25) is 5.88 Å². The average molecular weight is 326 g/mol. The summed E-state index contributed by atoms with van der Waals surface area (Å²) < 4.78 is 5.15. The van der Waals surface area contributed by atoms with Crippen LogP contribution in [0, 0.1) is 0 Å². The quantitative estimate of drug-likeness (QED) is 0.879. The molecule has 0 aliphatic carbocycles. The minimum Gasteiger partial charge on any atom is -0.481 e. The number of likely N-dealkylation sites (N-methyl/N-ethyl adjacent to an activating group) is 1. The van der Waals surface area contributed by atoms with Crippen molar-refractivity contribution in [1.82, 2.24) is 15.3 Å². The van der Waals surface area contributed by atoms with E-state index in [9.17, 15) is 0 Å². The number of hydrogen-bond donors (Lipinski definition) is 1. The van der Waals surface area contributed by atoms with E-state index in [4.69, 9.17) is 27.9 Å². The van der Waals surface area contributed by atoms with Gasteiger partial charge in [0, 0.05) is 16.1 Å². The fourth-order valence-corrected chi connectivity index (χ4v) is 2.58. The van der Waals surface area contributed by atoms with Crippen molar-refractivity contribution in [2.75, 3.05) is 13.7 Å². The second-order valence-corrected chi connectivity index (χ2v) is 5.38. The lowest BCUT2D eigenvalue weighted by atomic mass is 10.0. The van der Waals surface area contributed by atoms with E-state index in [2.05, 4.69) is 22.2 Å². The Hall–Kier alpha value is -1.36. The number of aromatic nitrogens is 2. The molecule has 1 aromatic carbocycles. The molecule has 0 bridgehead atoms. The third kappa shape index (κ3) is 4.30. The lowest BCUT2D eigenvalue weighted by molar-refractivity contribution is 0.393. The molecule has 1 atom stereocenters. The van der Waals surface area contributed by atoms with Crippen molar-refractivity contribution in [2.24, 2.45) is 0 Å². The highest BCUT2D eigenvalue weighted by Gasteiger charge is 2.15. The predicted molar refractivity (Wildman–Crippen MR) is 85.2 cm³/mol. The van der Waals surface area contributed by atoms with E-state index < -0.39 is 0 Å². The van der Waals surface area contributed by atoms with Crippen LogP contribution in [0.15, 0.2) is 30.6 Å². The van der Waals surface area contributed by atoms with E-state index in [-0.39, 0.29) is 6.04 Å². The molecular formula is C15H17Cl2N3O. The summed E-state index contributed by atoms with van der Waals surface area (Å²) in [5.41, 5.74) is 1.89. The number of methoxy groups -OCH3 is 1. The van der Waals surface area contributed by atoms with Gasteiger partial charge in [-0.25, -0.2) is 9.97 Å². The minimum absolute atomic E-state index is 0.0329. The summed E-state index contributed by atoms with van der Waals surface area (Å²) in [5, 5.41) is 4.69. The molecule has 0 aliphatic heterocycles. The van der Waals surface area contributed by atoms with Gasteiger partial charge >= 0.3 is 0 Å². The maximum atomic E-state index is 6.25. The third-order valence-electron chi connectivity index (χ3n) is 3.12. The Morgan fingerprint density at radius 3 is 2.71 bits per heavy atom. The summed E-state index contributed by atoms with van der Waals surface area (Å²) in [5.74, 6) is 0.546. The van der Waals surface area contributed by atoms with Crippen LogP contribution in [0.3, 0.4) is 0 Å². The summed E-state index contributed by atoms with van der Waals surface area (Å²) in [4.78, 5) is 8.36. The number of nitrogens with zero attached hydrogens (tertiary/aromatic N) is 2. The highest BCUT2D eigenvalue weighted by Crippen LogP contribution is 2.26. The van der Waals surface area contributed by atoms with Crippen molar-refractivity contribution in [2.45, 2.75) is 19.4 Å². The Bertz CT molecular complexity index is 607. The molecule has 0 saturated heterocycles.